The molecule has 1 amide bonds. The van der Waals surface area contributed by atoms with Crippen molar-refractivity contribution < 1.29 is 9.32 Å². The summed E-state index contributed by atoms with van der Waals surface area (Å²) >= 11 is 0. The molecule has 10 nitrogen and oxygen atoms in total. The maximum absolute atomic E-state index is 12.4. The maximum Gasteiger partial charge on any atom is 0.462 e. The van der Waals surface area contributed by atoms with Crippen LogP contribution < -0.4 is 16.0 Å². The number of aromatic nitrogens is 5. The van der Waals surface area contributed by atoms with E-state index in [0.717, 1.165) is 4.57 Å². The van der Waals surface area contributed by atoms with Gasteiger partial charge in [0.25, 0.3) is 17.6 Å². The molecule has 0 aromatic carbocycles. The van der Waals surface area contributed by atoms with E-state index in [1.54, 1.807) is 29.2 Å². The summed E-state index contributed by atoms with van der Waals surface area (Å²) in [5.41, 5.74) is 0.366. The summed E-state index contributed by atoms with van der Waals surface area (Å²) in [6, 6.07) is 3.08. The summed E-state index contributed by atoms with van der Waals surface area (Å²) in [5, 5.41) is 2.59. The molecule has 3 rings (SSSR count). The average Bonchev–Trinajstić information content (AvgIpc) is 3.02. The third-order valence-electron chi connectivity index (χ3n) is 3.29. The van der Waals surface area contributed by atoms with Crippen LogP contribution in [0.1, 0.15) is 10.4 Å². The normalized spacial score (nSPS) is 10.5. The molecule has 3 aromatic rings. The summed E-state index contributed by atoms with van der Waals surface area (Å²) in [7, 11) is 0. The second-order valence-electron chi connectivity index (χ2n) is 5.08. The number of pyridine rings is 1. The van der Waals surface area contributed by atoms with Crippen LogP contribution in [0.25, 0.3) is 5.78 Å². The highest BCUT2D eigenvalue weighted by Gasteiger charge is 2.18. The first kappa shape index (κ1) is 17.0. The summed E-state index contributed by atoms with van der Waals surface area (Å²) in [5.74, 6) is -1.12. The van der Waals surface area contributed by atoms with Crippen molar-refractivity contribution in [3.63, 3.8) is 0 Å². The topological polar surface area (TPSA) is 119 Å². The molecule has 10 heteroatoms. The Balaban J connectivity index is 2.04. The molecule has 0 fully saturated rings. The van der Waals surface area contributed by atoms with Gasteiger partial charge in [0.05, 0.1) is 0 Å². The van der Waals surface area contributed by atoms with E-state index in [4.69, 9.17) is 4.52 Å². The number of nitrogens with one attached hydrogen (secondary N) is 1. The van der Waals surface area contributed by atoms with Gasteiger partial charge in [0.15, 0.2) is 0 Å². The molecular weight excluding hydrogens is 338 g/mol. The fourth-order valence-electron chi connectivity index (χ4n) is 2.18. The van der Waals surface area contributed by atoms with E-state index in [1.807, 2.05) is 0 Å². The zero-order valence-corrected chi connectivity index (χ0v) is 13.7. The standard InChI is InChI=1S/C16H15N7O3/c1-3-9-22(10-4-2)13-19-14(23-15(20-13)21-16(25)26-23)18-12(24)11-5-7-17-8-6-11/h3-8H,1-2,9-10H2,(H,18,19,20,21,24,25). The van der Waals surface area contributed by atoms with Crippen LogP contribution in [0, 0.1) is 0 Å². The largest absolute Gasteiger partial charge is 0.462 e. The molecule has 0 aliphatic heterocycles. The molecule has 132 valence electrons. The van der Waals surface area contributed by atoms with Crippen LogP contribution in [0.5, 0.6) is 0 Å². The minimum atomic E-state index is -0.852. The molecule has 0 saturated carbocycles. The van der Waals surface area contributed by atoms with Crippen LogP contribution in [0.2, 0.25) is 0 Å². The lowest BCUT2D eigenvalue weighted by Crippen LogP contribution is -2.27. The number of nitrogens with zero attached hydrogens (tertiary/aromatic N) is 6. The van der Waals surface area contributed by atoms with E-state index in [1.165, 1.54) is 12.4 Å². The molecule has 0 bridgehead atoms. The van der Waals surface area contributed by atoms with Gasteiger partial charge in [0, 0.05) is 31.0 Å². The fraction of sp³-hybridized carbons (Fsp3) is 0.125. The van der Waals surface area contributed by atoms with Crippen molar-refractivity contribution in [3.05, 3.63) is 66.0 Å². The van der Waals surface area contributed by atoms with Gasteiger partial charge in [-0.2, -0.15) is 9.97 Å². The molecule has 3 aromatic heterocycles. The van der Waals surface area contributed by atoms with Crippen molar-refractivity contribution >= 4 is 23.6 Å². The zero-order valence-electron chi connectivity index (χ0n) is 13.7. The predicted molar refractivity (Wildman–Crippen MR) is 94.1 cm³/mol. The van der Waals surface area contributed by atoms with E-state index < -0.39 is 11.7 Å². The molecule has 0 atom stereocenters. The maximum atomic E-state index is 12.4. The number of hydrogen-bond acceptors (Lipinski definition) is 8. The van der Waals surface area contributed by atoms with Crippen molar-refractivity contribution in [2.24, 2.45) is 0 Å². The first-order chi connectivity index (χ1) is 12.6. The number of anilines is 2. The molecule has 3 heterocycles. The molecule has 0 radical (unpaired) electrons. The minimum absolute atomic E-state index is 0.0249. The van der Waals surface area contributed by atoms with E-state index in [2.05, 4.69) is 38.4 Å². The predicted octanol–water partition coefficient (Wildman–Crippen LogP) is 0.903. The van der Waals surface area contributed by atoms with Gasteiger partial charge < -0.3 is 9.42 Å². The van der Waals surface area contributed by atoms with Crippen LogP contribution in [0.4, 0.5) is 11.9 Å². The summed E-state index contributed by atoms with van der Waals surface area (Å²) in [6.07, 6.45) is 6.31. The first-order valence-corrected chi connectivity index (χ1v) is 7.58. The molecule has 0 saturated heterocycles. The number of carbonyl (C=O) groups excluding carboxylic acids is 1. The molecule has 0 spiro atoms. The Morgan fingerprint density at radius 1 is 1.19 bits per heavy atom. The molecule has 0 aliphatic rings. The van der Waals surface area contributed by atoms with Gasteiger partial charge in [-0.05, 0) is 12.1 Å². The van der Waals surface area contributed by atoms with Crippen LogP contribution >= 0.6 is 0 Å². The Morgan fingerprint density at radius 2 is 1.88 bits per heavy atom. The van der Waals surface area contributed by atoms with Gasteiger partial charge in [-0.3, -0.25) is 15.1 Å². The number of rotatable bonds is 7. The Hall–Kier alpha value is -3.82. The molecular formula is C16H15N7O3. The lowest BCUT2D eigenvalue weighted by molar-refractivity contribution is 0.102. The zero-order chi connectivity index (χ0) is 18.5. The Morgan fingerprint density at radius 3 is 2.54 bits per heavy atom. The van der Waals surface area contributed by atoms with Gasteiger partial charge in [0.2, 0.25) is 5.95 Å². The van der Waals surface area contributed by atoms with Gasteiger partial charge >= 0.3 is 5.76 Å². The molecule has 0 aliphatic carbocycles. The highest BCUT2D eigenvalue weighted by molar-refractivity contribution is 6.03. The Kier molecular flexibility index (Phi) is 4.83. The summed E-state index contributed by atoms with van der Waals surface area (Å²) in [4.78, 5) is 41.6. The lowest BCUT2D eigenvalue weighted by atomic mass is 10.2. The second kappa shape index (κ2) is 7.38. The molecule has 1 N–H and O–H groups in total. The van der Waals surface area contributed by atoms with Crippen molar-refractivity contribution in [2.75, 3.05) is 23.3 Å². The number of fused-ring (bicyclic) bond motifs is 1. The summed E-state index contributed by atoms with van der Waals surface area (Å²) < 4.78 is 5.89. The van der Waals surface area contributed by atoms with E-state index in [0.29, 0.717) is 18.7 Å². The SMILES string of the molecule is C=CCN(CC=C)c1nc(NC(=O)c2ccncc2)n2oc(=O)nc2n1. The highest BCUT2D eigenvalue weighted by Crippen LogP contribution is 2.14. The highest BCUT2D eigenvalue weighted by atomic mass is 16.5. The van der Waals surface area contributed by atoms with Gasteiger partial charge in [-0.25, -0.2) is 4.79 Å². The third-order valence-corrected chi connectivity index (χ3v) is 3.29. The third kappa shape index (κ3) is 3.48. The number of carbonyl (C=O) groups is 1. The number of amides is 1. The Bertz CT molecular complexity index is 1000. The van der Waals surface area contributed by atoms with Crippen LogP contribution in [0.3, 0.4) is 0 Å². The Labute approximate surface area is 147 Å². The fourth-order valence-corrected chi connectivity index (χ4v) is 2.18. The molecule has 26 heavy (non-hydrogen) atoms. The molecule has 0 unspecified atom stereocenters. The number of hydrogen-bond donors (Lipinski definition) is 1. The first-order valence-electron chi connectivity index (χ1n) is 7.58. The summed E-state index contributed by atoms with van der Waals surface area (Å²) in [6.45, 7) is 8.24. The van der Waals surface area contributed by atoms with Crippen molar-refractivity contribution in [1.29, 1.82) is 0 Å². The van der Waals surface area contributed by atoms with E-state index in [-0.39, 0.29) is 17.7 Å². The van der Waals surface area contributed by atoms with Crippen molar-refractivity contribution in [3.8, 4) is 0 Å². The average molecular weight is 353 g/mol. The van der Waals surface area contributed by atoms with E-state index >= 15 is 0 Å². The van der Waals surface area contributed by atoms with Gasteiger partial charge in [-0.1, -0.05) is 16.7 Å². The van der Waals surface area contributed by atoms with Crippen LogP contribution in [-0.4, -0.2) is 43.5 Å². The quantitative estimate of drug-likeness (QED) is 0.623. The lowest BCUT2D eigenvalue weighted by Gasteiger charge is -2.19. The smallest absolute Gasteiger partial charge is 0.333 e. The van der Waals surface area contributed by atoms with Gasteiger partial charge in [0.1, 0.15) is 0 Å². The second-order valence-corrected chi connectivity index (χ2v) is 5.08. The van der Waals surface area contributed by atoms with Gasteiger partial charge in [-0.15, -0.1) is 18.1 Å². The monoisotopic (exact) mass is 353 g/mol. The van der Waals surface area contributed by atoms with Crippen LogP contribution in [-0.2, 0) is 0 Å². The van der Waals surface area contributed by atoms with E-state index in [9.17, 15) is 9.59 Å². The van der Waals surface area contributed by atoms with Crippen LogP contribution in [0.15, 0.2) is 59.2 Å². The minimum Gasteiger partial charge on any atom is -0.333 e. The van der Waals surface area contributed by atoms with Crippen molar-refractivity contribution in [2.45, 2.75) is 0 Å². The van der Waals surface area contributed by atoms with Crippen molar-refractivity contribution in [1.82, 2.24) is 24.5 Å².